The van der Waals surface area contributed by atoms with Crippen LogP contribution in [0.25, 0.3) is 11.1 Å². The minimum Gasteiger partial charge on any atom is -0.481 e. The van der Waals surface area contributed by atoms with Gasteiger partial charge in [-0.05, 0) is 36.0 Å². The quantitative estimate of drug-likeness (QED) is 0.690. The smallest absolute Gasteiger partial charge is 0.307 e. The van der Waals surface area contributed by atoms with Gasteiger partial charge in [0.05, 0.1) is 10.7 Å². The molecule has 0 radical (unpaired) electrons. The lowest BCUT2D eigenvalue weighted by molar-refractivity contribution is -0.144. The van der Waals surface area contributed by atoms with E-state index in [1.165, 1.54) is 0 Å². The van der Waals surface area contributed by atoms with Crippen molar-refractivity contribution in [1.82, 2.24) is 0 Å². The topological polar surface area (TPSA) is 54.4 Å². The van der Waals surface area contributed by atoms with Crippen LogP contribution in [-0.2, 0) is 16.0 Å². The van der Waals surface area contributed by atoms with E-state index < -0.39 is 16.6 Å². The predicted octanol–water partition coefficient (Wildman–Crippen LogP) is 4.80. The molecule has 1 atom stereocenters. The first-order valence-electron chi connectivity index (χ1n) is 9.11. The molecule has 26 heavy (non-hydrogen) atoms. The largest absolute Gasteiger partial charge is 0.481 e. The minimum absolute atomic E-state index is 0.0216. The number of benzene rings is 2. The number of carbonyl (C=O) groups excluding carboxylic acids is 1. The molecule has 2 aromatic rings. The maximum absolute atomic E-state index is 12.6. The van der Waals surface area contributed by atoms with Gasteiger partial charge in [0.1, 0.15) is 5.78 Å². The second-order valence-corrected chi connectivity index (χ2v) is 8.02. The molecule has 2 aromatic carbocycles. The lowest BCUT2D eigenvalue weighted by atomic mass is 9.88. The number of Topliss-reactive ketones (excluding diaryl/α,β-unsaturated/α-hetero) is 1. The molecule has 1 unspecified atom stereocenters. The van der Waals surface area contributed by atoms with Crippen LogP contribution >= 0.6 is 12.6 Å². The summed E-state index contributed by atoms with van der Waals surface area (Å²) in [7, 11) is 0. The fourth-order valence-electron chi connectivity index (χ4n) is 3.65. The Balaban J connectivity index is 1.68. The van der Waals surface area contributed by atoms with Crippen LogP contribution in [0.15, 0.2) is 54.6 Å². The van der Waals surface area contributed by atoms with Crippen molar-refractivity contribution in [1.29, 1.82) is 0 Å². The highest BCUT2D eigenvalue weighted by Gasteiger charge is 2.39. The van der Waals surface area contributed by atoms with E-state index in [4.69, 9.17) is 0 Å². The van der Waals surface area contributed by atoms with Crippen LogP contribution in [-0.4, -0.2) is 21.6 Å². The zero-order valence-electron chi connectivity index (χ0n) is 14.7. The van der Waals surface area contributed by atoms with Crippen molar-refractivity contribution in [2.45, 2.75) is 43.3 Å². The average molecular weight is 368 g/mol. The molecule has 1 aliphatic carbocycles. The van der Waals surface area contributed by atoms with Crippen LogP contribution < -0.4 is 0 Å². The third-order valence-electron chi connectivity index (χ3n) is 5.27. The summed E-state index contributed by atoms with van der Waals surface area (Å²) >= 11 is 4.56. The van der Waals surface area contributed by atoms with E-state index in [9.17, 15) is 14.7 Å². The van der Waals surface area contributed by atoms with Gasteiger partial charge in [-0.3, -0.25) is 9.59 Å². The number of carboxylic acids is 1. The number of rotatable bonds is 7. The molecule has 0 aromatic heterocycles. The van der Waals surface area contributed by atoms with Crippen molar-refractivity contribution in [3.63, 3.8) is 0 Å². The molecule has 1 saturated carbocycles. The molecule has 3 rings (SSSR count). The second-order valence-electron chi connectivity index (χ2n) is 7.17. The van der Waals surface area contributed by atoms with Gasteiger partial charge >= 0.3 is 5.97 Å². The molecular formula is C22H24O3S. The first-order chi connectivity index (χ1) is 12.5. The summed E-state index contributed by atoms with van der Waals surface area (Å²) in [6, 6.07) is 18.0. The normalized spacial score (nSPS) is 17.0. The van der Waals surface area contributed by atoms with Gasteiger partial charge in [-0.25, -0.2) is 0 Å². The summed E-state index contributed by atoms with van der Waals surface area (Å²) in [6.45, 7) is 0. The summed E-state index contributed by atoms with van der Waals surface area (Å²) in [5.41, 5.74) is 3.16. The summed E-state index contributed by atoms with van der Waals surface area (Å²) < 4.78 is -0.620. The molecule has 0 heterocycles. The molecular weight excluding hydrogens is 344 g/mol. The lowest BCUT2D eigenvalue weighted by Gasteiger charge is -2.23. The molecule has 0 saturated heterocycles. The van der Waals surface area contributed by atoms with Crippen molar-refractivity contribution >= 4 is 24.4 Å². The Kier molecular flexibility index (Phi) is 5.82. The highest BCUT2D eigenvalue weighted by Crippen LogP contribution is 2.38. The number of hydrogen-bond acceptors (Lipinski definition) is 3. The highest BCUT2D eigenvalue weighted by atomic mass is 32.1. The van der Waals surface area contributed by atoms with E-state index in [1.54, 1.807) is 0 Å². The molecule has 1 N–H and O–H groups in total. The Morgan fingerprint density at radius 2 is 1.54 bits per heavy atom. The number of ketones is 1. The Morgan fingerprint density at radius 1 is 0.962 bits per heavy atom. The van der Waals surface area contributed by atoms with Crippen molar-refractivity contribution in [3.05, 3.63) is 60.2 Å². The van der Waals surface area contributed by atoms with Crippen molar-refractivity contribution in [3.8, 4) is 11.1 Å². The third kappa shape index (κ3) is 4.36. The fourth-order valence-corrected chi connectivity index (χ4v) is 4.06. The molecule has 1 aliphatic rings. The first-order valence-corrected chi connectivity index (χ1v) is 9.55. The van der Waals surface area contributed by atoms with Crippen molar-refractivity contribution < 1.29 is 14.7 Å². The van der Waals surface area contributed by atoms with Crippen LogP contribution in [0.4, 0.5) is 0 Å². The van der Waals surface area contributed by atoms with Gasteiger partial charge < -0.3 is 5.11 Å². The first kappa shape index (κ1) is 18.7. The molecule has 1 fully saturated rings. The van der Waals surface area contributed by atoms with Crippen molar-refractivity contribution in [2.24, 2.45) is 5.92 Å². The predicted molar refractivity (Wildman–Crippen MR) is 107 cm³/mol. The number of aliphatic carboxylic acids is 1. The van der Waals surface area contributed by atoms with Gasteiger partial charge in [0, 0.05) is 6.42 Å². The number of carbonyl (C=O) groups is 2. The van der Waals surface area contributed by atoms with Gasteiger partial charge in [0.15, 0.2) is 0 Å². The van der Waals surface area contributed by atoms with Gasteiger partial charge in [-0.1, -0.05) is 67.4 Å². The molecule has 0 spiro atoms. The molecule has 0 amide bonds. The summed E-state index contributed by atoms with van der Waals surface area (Å²) in [6.07, 6.45) is 3.92. The van der Waals surface area contributed by atoms with Crippen LogP contribution in [0, 0.1) is 5.92 Å². The van der Waals surface area contributed by atoms with Crippen LogP contribution in [0.1, 0.15) is 37.7 Å². The van der Waals surface area contributed by atoms with E-state index >= 15 is 0 Å². The maximum atomic E-state index is 12.6. The van der Waals surface area contributed by atoms with E-state index in [-0.39, 0.29) is 12.2 Å². The molecule has 136 valence electrons. The number of carboxylic acid groups (broad SMARTS) is 1. The van der Waals surface area contributed by atoms with Gasteiger partial charge in [-0.2, -0.15) is 12.6 Å². The highest BCUT2D eigenvalue weighted by molar-refractivity contribution is 7.82. The number of thiol groups is 1. The van der Waals surface area contributed by atoms with E-state index in [1.807, 2.05) is 54.6 Å². The Bertz CT molecular complexity index is 762. The second kappa shape index (κ2) is 8.09. The van der Waals surface area contributed by atoms with Gasteiger partial charge in [0.2, 0.25) is 0 Å². The zero-order valence-corrected chi connectivity index (χ0v) is 15.6. The van der Waals surface area contributed by atoms with Crippen LogP contribution in [0.5, 0.6) is 0 Å². The Morgan fingerprint density at radius 3 is 2.12 bits per heavy atom. The molecule has 0 bridgehead atoms. The van der Waals surface area contributed by atoms with Gasteiger partial charge in [-0.15, -0.1) is 0 Å². The lowest BCUT2D eigenvalue weighted by Crippen LogP contribution is -2.33. The standard InChI is InChI=1S/C22H24O3S/c23-20(22(26)12-4-5-13-22)15-19(21(24)25)14-16-8-10-18(11-9-16)17-6-2-1-3-7-17/h1-3,6-11,19,26H,4-5,12-15H2,(H,24,25). The fraction of sp³-hybridized carbons (Fsp3) is 0.364. The molecule has 3 nitrogen and oxygen atoms in total. The molecule has 0 aliphatic heterocycles. The van der Waals surface area contributed by atoms with Gasteiger partial charge in [0.25, 0.3) is 0 Å². The third-order valence-corrected chi connectivity index (χ3v) is 5.97. The van der Waals surface area contributed by atoms with E-state index in [0.717, 1.165) is 42.4 Å². The van der Waals surface area contributed by atoms with E-state index in [2.05, 4.69) is 12.6 Å². The van der Waals surface area contributed by atoms with E-state index in [0.29, 0.717) is 6.42 Å². The summed E-state index contributed by atoms with van der Waals surface area (Å²) in [5, 5.41) is 9.57. The number of hydrogen-bond donors (Lipinski definition) is 2. The van der Waals surface area contributed by atoms with Crippen LogP contribution in [0.3, 0.4) is 0 Å². The Hall–Kier alpha value is -2.07. The summed E-state index contributed by atoms with van der Waals surface area (Å²) in [5.74, 6) is -1.64. The zero-order chi connectivity index (χ0) is 18.6. The Labute approximate surface area is 159 Å². The van der Waals surface area contributed by atoms with Crippen molar-refractivity contribution in [2.75, 3.05) is 0 Å². The average Bonchev–Trinajstić information content (AvgIpc) is 3.10. The maximum Gasteiger partial charge on any atom is 0.307 e. The summed E-state index contributed by atoms with van der Waals surface area (Å²) in [4.78, 5) is 24.2. The monoisotopic (exact) mass is 368 g/mol. The SMILES string of the molecule is O=C(O)C(CC(=O)C1(S)CCCC1)Cc1ccc(-c2ccccc2)cc1. The minimum atomic E-state index is -0.916. The molecule has 4 heteroatoms. The van der Waals surface area contributed by atoms with Crippen LogP contribution in [0.2, 0.25) is 0 Å².